The van der Waals surface area contributed by atoms with Gasteiger partial charge < -0.3 is 11.5 Å². The molecule has 18 heavy (non-hydrogen) atoms. The largest absolute Gasteiger partial charge is 0.326 e. The quantitative estimate of drug-likeness (QED) is 0.839. The Bertz CT molecular complexity index is 356. The topological polar surface area (TPSA) is 52.0 Å². The van der Waals surface area contributed by atoms with Crippen molar-refractivity contribution in [1.82, 2.24) is 0 Å². The molecule has 0 heterocycles. The van der Waals surface area contributed by atoms with Crippen LogP contribution in [0.4, 0.5) is 0 Å². The minimum atomic E-state index is 0.718. The van der Waals surface area contributed by atoms with E-state index in [1.165, 1.54) is 62.5 Å². The molecule has 2 aliphatic rings. The lowest BCUT2D eigenvalue weighted by Gasteiger charge is -2.30. The van der Waals surface area contributed by atoms with Gasteiger partial charge in [-0.15, -0.1) is 0 Å². The molecule has 4 N–H and O–H groups in total. The van der Waals surface area contributed by atoms with Crippen LogP contribution >= 0.6 is 0 Å². The second kappa shape index (κ2) is 5.02. The molecule has 0 radical (unpaired) electrons. The van der Waals surface area contributed by atoms with E-state index >= 15 is 0 Å². The highest BCUT2D eigenvalue weighted by Gasteiger charge is 2.24. The van der Waals surface area contributed by atoms with Crippen LogP contribution in [0.3, 0.4) is 0 Å². The summed E-state index contributed by atoms with van der Waals surface area (Å²) in [4.78, 5) is 0. The monoisotopic (exact) mass is 244 g/mol. The molecule has 0 unspecified atom stereocenters. The Morgan fingerprint density at radius 1 is 0.556 bits per heavy atom. The molecule has 2 aliphatic carbocycles. The molecule has 3 rings (SSSR count). The SMILES string of the molecule is NCc1c2c(c(CN)c3c1CCCC3)CCCC2. The van der Waals surface area contributed by atoms with Crippen molar-refractivity contribution in [1.29, 1.82) is 0 Å². The highest BCUT2D eigenvalue weighted by molar-refractivity contribution is 5.53. The van der Waals surface area contributed by atoms with Gasteiger partial charge in [-0.05, 0) is 84.7 Å². The maximum atomic E-state index is 6.06. The van der Waals surface area contributed by atoms with Crippen LogP contribution in [0, 0.1) is 0 Å². The normalized spacial score (nSPS) is 18.3. The second-order valence-electron chi connectivity index (χ2n) is 5.69. The highest BCUT2D eigenvalue weighted by Crippen LogP contribution is 2.36. The van der Waals surface area contributed by atoms with Crippen molar-refractivity contribution in [3.05, 3.63) is 33.4 Å². The van der Waals surface area contributed by atoms with Crippen LogP contribution in [0.25, 0.3) is 0 Å². The van der Waals surface area contributed by atoms with E-state index in [1.54, 1.807) is 22.3 Å². The average molecular weight is 244 g/mol. The van der Waals surface area contributed by atoms with E-state index < -0.39 is 0 Å². The van der Waals surface area contributed by atoms with Crippen molar-refractivity contribution in [3.8, 4) is 0 Å². The maximum absolute atomic E-state index is 6.06. The van der Waals surface area contributed by atoms with E-state index in [2.05, 4.69) is 0 Å². The first-order valence-electron chi connectivity index (χ1n) is 7.44. The van der Waals surface area contributed by atoms with Gasteiger partial charge in [-0.1, -0.05) is 0 Å². The minimum Gasteiger partial charge on any atom is -0.326 e. The van der Waals surface area contributed by atoms with Crippen LogP contribution in [0.5, 0.6) is 0 Å². The predicted octanol–water partition coefficient (Wildman–Crippen LogP) is 2.36. The lowest BCUT2D eigenvalue weighted by molar-refractivity contribution is 0.634. The first kappa shape index (κ1) is 12.2. The summed E-state index contributed by atoms with van der Waals surface area (Å²) in [6, 6.07) is 0. The van der Waals surface area contributed by atoms with E-state index in [4.69, 9.17) is 11.5 Å². The third kappa shape index (κ3) is 1.79. The molecule has 0 aromatic heterocycles. The molecule has 1 aromatic rings. The van der Waals surface area contributed by atoms with Crippen molar-refractivity contribution < 1.29 is 0 Å². The summed E-state index contributed by atoms with van der Waals surface area (Å²) in [6.45, 7) is 1.44. The molecule has 0 atom stereocenters. The van der Waals surface area contributed by atoms with Gasteiger partial charge in [-0.3, -0.25) is 0 Å². The fraction of sp³-hybridized carbons (Fsp3) is 0.625. The molecule has 0 saturated heterocycles. The Morgan fingerprint density at radius 3 is 1.06 bits per heavy atom. The fourth-order valence-corrected chi connectivity index (χ4v) is 4.00. The third-order valence-corrected chi connectivity index (χ3v) is 4.80. The van der Waals surface area contributed by atoms with Gasteiger partial charge in [0, 0.05) is 13.1 Å². The zero-order chi connectivity index (χ0) is 12.5. The first-order valence-corrected chi connectivity index (χ1v) is 7.44. The lowest BCUT2D eigenvalue weighted by atomic mass is 9.76. The molecule has 1 aromatic carbocycles. The van der Waals surface area contributed by atoms with Crippen molar-refractivity contribution in [2.45, 2.75) is 64.5 Å². The Labute approximate surface area is 110 Å². The average Bonchev–Trinajstić information content (AvgIpc) is 2.44. The summed E-state index contributed by atoms with van der Waals surface area (Å²) in [5.41, 5.74) is 21.4. The van der Waals surface area contributed by atoms with Crippen molar-refractivity contribution in [3.63, 3.8) is 0 Å². The van der Waals surface area contributed by atoms with Crippen LogP contribution in [0.2, 0.25) is 0 Å². The van der Waals surface area contributed by atoms with Crippen molar-refractivity contribution >= 4 is 0 Å². The van der Waals surface area contributed by atoms with Gasteiger partial charge in [0.15, 0.2) is 0 Å². The van der Waals surface area contributed by atoms with E-state index in [-0.39, 0.29) is 0 Å². The molecule has 0 aliphatic heterocycles. The number of rotatable bonds is 2. The summed E-state index contributed by atoms with van der Waals surface area (Å²) in [5, 5.41) is 0. The van der Waals surface area contributed by atoms with E-state index in [0.29, 0.717) is 0 Å². The number of benzene rings is 1. The van der Waals surface area contributed by atoms with Crippen LogP contribution in [-0.4, -0.2) is 0 Å². The summed E-state index contributed by atoms with van der Waals surface area (Å²) < 4.78 is 0. The van der Waals surface area contributed by atoms with Crippen LogP contribution in [0.15, 0.2) is 0 Å². The zero-order valence-corrected chi connectivity index (χ0v) is 11.2. The number of nitrogens with two attached hydrogens (primary N) is 2. The standard InChI is InChI=1S/C16H24N2/c17-9-15-11-5-1-2-6-12(11)16(10-18)14-8-4-3-7-13(14)15/h1-10,17-18H2. The molecule has 0 bridgehead atoms. The predicted molar refractivity (Wildman–Crippen MR) is 75.5 cm³/mol. The van der Waals surface area contributed by atoms with E-state index in [0.717, 1.165) is 13.1 Å². The van der Waals surface area contributed by atoms with Gasteiger partial charge in [0.05, 0.1) is 0 Å². The molecular weight excluding hydrogens is 220 g/mol. The molecular formula is C16H24N2. The van der Waals surface area contributed by atoms with Gasteiger partial charge >= 0.3 is 0 Å². The molecule has 0 spiro atoms. The van der Waals surface area contributed by atoms with Crippen LogP contribution < -0.4 is 11.5 Å². The number of hydrogen-bond acceptors (Lipinski definition) is 2. The van der Waals surface area contributed by atoms with Gasteiger partial charge in [-0.25, -0.2) is 0 Å². The number of hydrogen-bond donors (Lipinski definition) is 2. The first-order chi connectivity index (χ1) is 8.86. The highest BCUT2D eigenvalue weighted by atomic mass is 14.6. The van der Waals surface area contributed by atoms with Crippen molar-refractivity contribution in [2.75, 3.05) is 0 Å². The van der Waals surface area contributed by atoms with Gasteiger partial charge in [0.2, 0.25) is 0 Å². The Hall–Kier alpha value is -0.860. The second-order valence-corrected chi connectivity index (χ2v) is 5.69. The zero-order valence-electron chi connectivity index (χ0n) is 11.2. The summed E-state index contributed by atoms with van der Waals surface area (Å²) in [6.07, 6.45) is 10.2. The van der Waals surface area contributed by atoms with Crippen LogP contribution in [-0.2, 0) is 38.8 Å². The van der Waals surface area contributed by atoms with Gasteiger partial charge in [0.1, 0.15) is 0 Å². The molecule has 98 valence electrons. The van der Waals surface area contributed by atoms with E-state index in [1.807, 2.05) is 0 Å². The molecule has 2 heteroatoms. The number of fused-ring (bicyclic) bond motifs is 2. The van der Waals surface area contributed by atoms with Gasteiger partial charge in [-0.2, -0.15) is 0 Å². The molecule has 2 nitrogen and oxygen atoms in total. The summed E-state index contributed by atoms with van der Waals surface area (Å²) in [7, 11) is 0. The summed E-state index contributed by atoms with van der Waals surface area (Å²) in [5.74, 6) is 0. The van der Waals surface area contributed by atoms with E-state index in [9.17, 15) is 0 Å². The minimum absolute atomic E-state index is 0.718. The molecule has 0 fully saturated rings. The van der Waals surface area contributed by atoms with Crippen molar-refractivity contribution in [2.24, 2.45) is 11.5 Å². The maximum Gasteiger partial charge on any atom is 0.0183 e. The van der Waals surface area contributed by atoms with Crippen LogP contribution in [0.1, 0.15) is 59.1 Å². The third-order valence-electron chi connectivity index (χ3n) is 4.80. The Morgan fingerprint density at radius 2 is 0.833 bits per heavy atom. The van der Waals surface area contributed by atoms with Gasteiger partial charge in [0.25, 0.3) is 0 Å². The smallest absolute Gasteiger partial charge is 0.0183 e. The lowest BCUT2D eigenvalue weighted by Crippen LogP contribution is -2.21. The Kier molecular flexibility index (Phi) is 3.40. The molecule has 0 saturated carbocycles. The summed E-state index contributed by atoms with van der Waals surface area (Å²) >= 11 is 0. The fourth-order valence-electron chi connectivity index (χ4n) is 4.00. The molecule has 0 amide bonds. The Balaban J connectivity index is 2.26.